The molecule has 2 heterocycles. The van der Waals surface area contributed by atoms with Crippen molar-refractivity contribution in [2.45, 2.75) is 25.8 Å². The minimum absolute atomic E-state index is 0.206. The van der Waals surface area contributed by atoms with E-state index in [2.05, 4.69) is 5.32 Å². The summed E-state index contributed by atoms with van der Waals surface area (Å²) >= 11 is 0. The van der Waals surface area contributed by atoms with Crippen LogP contribution >= 0.6 is 0 Å². The maximum absolute atomic E-state index is 12.0. The molecule has 0 radical (unpaired) electrons. The van der Waals surface area contributed by atoms with Gasteiger partial charge in [0.05, 0.1) is 12.2 Å². The molecule has 102 valence electrons. The number of Topliss-reactive ketones (excluding diaryl/α,β-unsaturated/α-hetero) is 1. The lowest BCUT2D eigenvalue weighted by Crippen LogP contribution is -2.36. The smallest absolute Gasteiger partial charge is 0.325 e. The number of aryl methyl sites for hydroxylation is 1. The Kier molecular flexibility index (Phi) is 3.69. The van der Waals surface area contributed by atoms with E-state index in [0.29, 0.717) is 12.1 Å². The van der Waals surface area contributed by atoms with Gasteiger partial charge >= 0.3 is 6.03 Å². The number of urea groups is 1. The van der Waals surface area contributed by atoms with Gasteiger partial charge in [0.25, 0.3) is 5.91 Å². The van der Waals surface area contributed by atoms with Crippen molar-refractivity contribution in [3.8, 4) is 0 Å². The molecule has 1 aromatic heterocycles. The molecule has 3 amide bonds. The molecule has 1 fully saturated rings. The molecule has 0 saturated carbocycles. The molecule has 1 aliphatic heterocycles. The van der Waals surface area contributed by atoms with Gasteiger partial charge in [0, 0.05) is 13.2 Å². The Balaban J connectivity index is 2.07. The number of hydrogen-bond donors (Lipinski definition) is 1. The van der Waals surface area contributed by atoms with Crippen molar-refractivity contribution >= 4 is 17.7 Å². The van der Waals surface area contributed by atoms with Crippen LogP contribution in [0.4, 0.5) is 4.79 Å². The van der Waals surface area contributed by atoms with Gasteiger partial charge in [0.2, 0.25) is 0 Å². The molecule has 0 spiro atoms. The third kappa shape index (κ3) is 2.52. The normalized spacial score (nSPS) is 18.8. The summed E-state index contributed by atoms with van der Waals surface area (Å²) in [4.78, 5) is 36.7. The van der Waals surface area contributed by atoms with Gasteiger partial charge in [0.15, 0.2) is 5.78 Å². The molecule has 1 aromatic rings. The number of nitrogens with one attached hydrogen (secondary N) is 1. The minimum Gasteiger partial charge on any atom is -0.348 e. The summed E-state index contributed by atoms with van der Waals surface area (Å²) < 4.78 is 1.67. The number of ketones is 1. The quantitative estimate of drug-likeness (QED) is 0.634. The van der Waals surface area contributed by atoms with Crippen LogP contribution in [0, 0.1) is 0 Å². The first-order valence-corrected chi connectivity index (χ1v) is 6.31. The molecular formula is C13H17N3O3. The van der Waals surface area contributed by atoms with Gasteiger partial charge in [0.1, 0.15) is 6.04 Å². The SMILES string of the molecule is CCC[C@H]1NC(=O)N(CC(=O)c2cccn2C)C1=O. The molecule has 0 aromatic carbocycles. The van der Waals surface area contributed by atoms with E-state index in [1.807, 2.05) is 6.92 Å². The third-order valence-corrected chi connectivity index (χ3v) is 3.22. The summed E-state index contributed by atoms with van der Waals surface area (Å²) in [5.41, 5.74) is 0.486. The zero-order chi connectivity index (χ0) is 14.0. The fraction of sp³-hybridized carbons (Fsp3) is 0.462. The number of carbonyl (C=O) groups excluding carboxylic acids is 3. The number of nitrogens with zero attached hydrogens (tertiary/aromatic N) is 2. The summed E-state index contributed by atoms with van der Waals surface area (Å²) in [6, 6.07) is 2.45. The van der Waals surface area contributed by atoms with Crippen LogP contribution in [0.2, 0.25) is 0 Å². The fourth-order valence-electron chi connectivity index (χ4n) is 2.19. The molecule has 6 nitrogen and oxygen atoms in total. The highest BCUT2D eigenvalue weighted by atomic mass is 16.2. The lowest BCUT2D eigenvalue weighted by molar-refractivity contribution is -0.127. The number of imide groups is 1. The Morgan fingerprint density at radius 1 is 1.42 bits per heavy atom. The minimum atomic E-state index is -0.487. The second kappa shape index (κ2) is 5.26. The van der Waals surface area contributed by atoms with Crippen LogP contribution in [-0.4, -0.2) is 39.8 Å². The van der Waals surface area contributed by atoms with Gasteiger partial charge in [-0.1, -0.05) is 13.3 Å². The van der Waals surface area contributed by atoms with Crippen LogP contribution in [0.5, 0.6) is 0 Å². The van der Waals surface area contributed by atoms with Crippen LogP contribution in [0.1, 0.15) is 30.3 Å². The number of hydrogen-bond acceptors (Lipinski definition) is 3. The second-order valence-electron chi connectivity index (χ2n) is 4.64. The molecule has 0 bridgehead atoms. The average molecular weight is 263 g/mol. The topological polar surface area (TPSA) is 71.4 Å². The number of rotatable bonds is 5. The summed E-state index contributed by atoms with van der Waals surface area (Å²) in [5.74, 6) is -0.553. The highest BCUT2D eigenvalue weighted by Gasteiger charge is 2.38. The molecule has 1 aliphatic rings. The van der Waals surface area contributed by atoms with Crippen LogP contribution < -0.4 is 5.32 Å². The molecule has 1 N–H and O–H groups in total. The number of aromatic nitrogens is 1. The van der Waals surface area contributed by atoms with Crippen LogP contribution in [0.25, 0.3) is 0 Å². The molecule has 1 saturated heterocycles. The summed E-state index contributed by atoms with van der Waals surface area (Å²) in [5, 5.41) is 2.60. The van der Waals surface area contributed by atoms with Crippen molar-refractivity contribution in [2.75, 3.05) is 6.54 Å². The predicted octanol–water partition coefficient (Wildman–Crippen LogP) is 0.928. The fourth-order valence-corrected chi connectivity index (χ4v) is 2.19. The Morgan fingerprint density at radius 2 is 2.16 bits per heavy atom. The van der Waals surface area contributed by atoms with Crippen molar-refractivity contribution in [3.05, 3.63) is 24.0 Å². The Labute approximate surface area is 111 Å². The molecule has 0 unspecified atom stereocenters. The number of amides is 3. The van der Waals surface area contributed by atoms with Crippen molar-refractivity contribution in [2.24, 2.45) is 7.05 Å². The van der Waals surface area contributed by atoms with E-state index < -0.39 is 12.1 Å². The third-order valence-electron chi connectivity index (χ3n) is 3.22. The Hall–Kier alpha value is -2.11. The van der Waals surface area contributed by atoms with Crippen molar-refractivity contribution < 1.29 is 14.4 Å². The Bertz CT molecular complexity index is 521. The molecule has 6 heteroatoms. The van der Waals surface area contributed by atoms with E-state index in [1.165, 1.54) is 0 Å². The van der Waals surface area contributed by atoms with Crippen molar-refractivity contribution in [1.29, 1.82) is 0 Å². The zero-order valence-corrected chi connectivity index (χ0v) is 11.0. The predicted molar refractivity (Wildman–Crippen MR) is 68.7 cm³/mol. The molecule has 19 heavy (non-hydrogen) atoms. The van der Waals surface area contributed by atoms with Crippen LogP contribution in [0.3, 0.4) is 0 Å². The van der Waals surface area contributed by atoms with Crippen molar-refractivity contribution in [3.63, 3.8) is 0 Å². The lowest BCUT2D eigenvalue weighted by Gasteiger charge is -2.12. The van der Waals surface area contributed by atoms with Gasteiger partial charge in [-0.05, 0) is 18.6 Å². The van der Waals surface area contributed by atoms with Gasteiger partial charge in [-0.15, -0.1) is 0 Å². The standard InChI is InChI=1S/C13H17N3O3/c1-3-5-9-12(18)16(13(19)14-9)8-11(17)10-6-4-7-15(10)2/h4,6-7,9H,3,5,8H2,1-2H3,(H,14,19)/t9-/m1/s1. The maximum atomic E-state index is 12.0. The van der Waals surface area contributed by atoms with Gasteiger partial charge in [-0.25, -0.2) is 4.79 Å². The largest absolute Gasteiger partial charge is 0.348 e. The maximum Gasteiger partial charge on any atom is 0.325 e. The van der Waals surface area contributed by atoms with E-state index in [4.69, 9.17) is 0 Å². The van der Waals surface area contributed by atoms with Gasteiger partial charge in [-0.3, -0.25) is 14.5 Å². The summed E-state index contributed by atoms with van der Waals surface area (Å²) in [6.07, 6.45) is 3.15. The van der Waals surface area contributed by atoms with Crippen molar-refractivity contribution in [1.82, 2.24) is 14.8 Å². The van der Waals surface area contributed by atoms with E-state index in [9.17, 15) is 14.4 Å². The van der Waals surface area contributed by atoms with E-state index >= 15 is 0 Å². The highest BCUT2D eigenvalue weighted by molar-refractivity contribution is 6.08. The zero-order valence-electron chi connectivity index (χ0n) is 11.0. The molecule has 1 atom stereocenters. The first-order valence-electron chi connectivity index (χ1n) is 6.31. The molecule has 2 rings (SSSR count). The number of carbonyl (C=O) groups is 3. The van der Waals surface area contributed by atoms with Crippen LogP contribution in [0.15, 0.2) is 18.3 Å². The second-order valence-corrected chi connectivity index (χ2v) is 4.64. The van der Waals surface area contributed by atoms with Gasteiger partial charge < -0.3 is 9.88 Å². The summed E-state index contributed by atoms with van der Waals surface area (Å²) in [6.45, 7) is 1.74. The monoisotopic (exact) mass is 263 g/mol. The van der Waals surface area contributed by atoms with Crippen LogP contribution in [-0.2, 0) is 11.8 Å². The van der Waals surface area contributed by atoms with Gasteiger partial charge in [-0.2, -0.15) is 0 Å². The van der Waals surface area contributed by atoms with E-state index in [-0.39, 0.29) is 18.2 Å². The first-order chi connectivity index (χ1) is 9.04. The molecular weight excluding hydrogens is 246 g/mol. The lowest BCUT2D eigenvalue weighted by atomic mass is 10.1. The molecule has 0 aliphatic carbocycles. The first kappa shape index (κ1) is 13.3. The highest BCUT2D eigenvalue weighted by Crippen LogP contribution is 2.12. The van der Waals surface area contributed by atoms with E-state index in [0.717, 1.165) is 11.3 Å². The Morgan fingerprint density at radius 3 is 2.74 bits per heavy atom. The summed E-state index contributed by atoms with van der Waals surface area (Å²) in [7, 11) is 1.75. The van der Waals surface area contributed by atoms with E-state index in [1.54, 1.807) is 29.9 Å². The average Bonchev–Trinajstić information content (AvgIpc) is 2.89.